The zero-order valence-electron chi connectivity index (χ0n) is 8.41. The van der Waals surface area contributed by atoms with Crippen molar-refractivity contribution < 1.29 is 31.3 Å². The molecule has 2 aliphatic carbocycles. The molecule has 1 nitrogen and oxygen atoms in total. The fourth-order valence-electron chi connectivity index (χ4n) is 1.42. The van der Waals surface area contributed by atoms with E-state index in [4.69, 9.17) is 5.11 Å². The maximum atomic E-state index is 8.91. The average Bonchev–Trinajstić information content (AvgIpc) is 2.62. The first-order valence-corrected chi connectivity index (χ1v) is 4.79. The molecule has 2 aliphatic rings. The Morgan fingerprint density at radius 2 is 1.79 bits per heavy atom. The van der Waals surface area contributed by atoms with E-state index in [0.29, 0.717) is 0 Å². The van der Waals surface area contributed by atoms with Gasteiger partial charge in [-0.25, -0.2) is 12.2 Å². The smallest absolute Gasteiger partial charge is 0.0540 e. The van der Waals surface area contributed by atoms with Crippen LogP contribution in [0.5, 0.6) is 0 Å². The fourth-order valence-corrected chi connectivity index (χ4v) is 1.42. The van der Waals surface area contributed by atoms with E-state index < -0.39 is 0 Å². The third-order valence-electron chi connectivity index (χ3n) is 2.16. The summed E-state index contributed by atoms with van der Waals surface area (Å²) in [4.78, 5) is 0. The second-order valence-corrected chi connectivity index (χ2v) is 3.29. The zero-order valence-corrected chi connectivity index (χ0v) is 11.7. The molecule has 80 valence electrons. The summed E-state index contributed by atoms with van der Waals surface area (Å²) in [7, 11) is 0. The van der Waals surface area contributed by atoms with E-state index in [1.54, 1.807) is 0 Å². The molecule has 0 aromatic heterocycles. The van der Waals surface area contributed by atoms with Crippen molar-refractivity contribution in [2.24, 2.45) is 0 Å². The van der Waals surface area contributed by atoms with Gasteiger partial charge in [0.25, 0.3) is 0 Å². The van der Waals surface area contributed by atoms with E-state index in [9.17, 15) is 0 Å². The van der Waals surface area contributed by atoms with Crippen LogP contribution in [0.2, 0.25) is 0 Å². The van der Waals surface area contributed by atoms with Gasteiger partial charge in [-0.2, -0.15) is 6.08 Å². The first kappa shape index (κ1) is 17.0. The molecule has 1 fully saturated rings. The molecular formula is C11H18ClOZr-. The summed E-state index contributed by atoms with van der Waals surface area (Å²) in [5, 5.41) is 8.91. The van der Waals surface area contributed by atoms with Gasteiger partial charge in [0, 0.05) is 26.2 Å². The molecule has 0 bridgehead atoms. The molecule has 3 heteroatoms. The number of hydrogen-bond acceptors (Lipinski definition) is 1. The summed E-state index contributed by atoms with van der Waals surface area (Å²) in [6.07, 6.45) is 15.9. The molecule has 0 radical (unpaired) electrons. The van der Waals surface area contributed by atoms with E-state index in [0.717, 1.165) is 19.3 Å². The summed E-state index contributed by atoms with van der Waals surface area (Å²) in [5.74, 6) is 0. The Labute approximate surface area is 112 Å². The Kier molecular flexibility index (Phi) is 14.2. The van der Waals surface area contributed by atoms with Crippen LogP contribution in [0.1, 0.15) is 38.5 Å². The van der Waals surface area contributed by atoms with Crippen LogP contribution < -0.4 is 0 Å². The molecule has 0 saturated heterocycles. The fraction of sp³-hybridized carbons (Fsp3) is 0.636. The molecule has 0 spiro atoms. The molecule has 1 saturated carbocycles. The predicted molar refractivity (Wildman–Crippen MR) is 57.9 cm³/mol. The van der Waals surface area contributed by atoms with Gasteiger partial charge in [-0.3, -0.25) is 6.08 Å². The van der Waals surface area contributed by atoms with Crippen molar-refractivity contribution >= 4 is 12.4 Å². The minimum Gasteiger partial charge on any atom is -0.393 e. The van der Waals surface area contributed by atoms with Gasteiger partial charge < -0.3 is 5.11 Å². The van der Waals surface area contributed by atoms with Gasteiger partial charge in [-0.1, -0.05) is 19.3 Å². The summed E-state index contributed by atoms with van der Waals surface area (Å²) in [6.45, 7) is 0. The van der Waals surface area contributed by atoms with E-state index in [1.165, 1.54) is 19.3 Å². The normalized spacial score (nSPS) is 18.9. The number of aliphatic hydroxyl groups is 1. The minimum atomic E-state index is 0. The third kappa shape index (κ3) is 9.18. The first-order chi connectivity index (χ1) is 5.89. The van der Waals surface area contributed by atoms with Crippen molar-refractivity contribution in [3.05, 3.63) is 24.3 Å². The van der Waals surface area contributed by atoms with Crippen molar-refractivity contribution in [1.82, 2.24) is 0 Å². The van der Waals surface area contributed by atoms with Crippen molar-refractivity contribution in [3.8, 4) is 0 Å². The number of aliphatic hydroxyl groups excluding tert-OH is 1. The van der Waals surface area contributed by atoms with Crippen molar-refractivity contribution in [3.63, 3.8) is 0 Å². The Balaban J connectivity index is 0. The van der Waals surface area contributed by atoms with Crippen molar-refractivity contribution in [2.75, 3.05) is 0 Å². The standard InChI is InChI=1S/C6H12O.C5H5.ClH.Zr/c7-6-4-2-1-3-5-6;1-2-4-5-3-1;;/h6-7H,1-5H2;1-3H,4H2;1H;/q;-1;;. The van der Waals surface area contributed by atoms with Gasteiger partial charge in [-0.15, -0.1) is 18.8 Å². The van der Waals surface area contributed by atoms with Gasteiger partial charge in [0.15, 0.2) is 0 Å². The Morgan fingerprint density at radius 3 is 2.00 bits per heavy atom. The summed E-state index contributed by atoms with van der Waals surface area (Å²) >= 11 is 0. The zero-order chi connectivity index (χ0) is 8.65. The molecule has 0 atom stereocenters. The average molecular weight is 293 g/mol. The van der Waals surface area contributed by atoms with Crippen LogP contribution in [0.25, 0.3) is 0 Å². The second kappa shape index (κ2) is 11.7. The summed E-state index contributed by atoms with van der Waals surface area (Å²) in [6, 6.07) is 0. The van der Waals surface area contributed by atoms with E-state index in [-0.39, 0.29) is 44.7 Å². The van der Waals surface area contributed by atoms with Crippen LogP contribution in [0.15, 0.2) is 18.2 Å². The quantitative estimate of drug-likeness (QED) is 0.681. The Hall–Kier alpha value is 0.613. The van der Waals surface area contributed by atoms with Crippen LogP contribution in [0.3, 0.4) is 0 Å². The predicted octanol–water partition coefficient (Wildman–Crippen LogP) is 3.04. The van der Waals surface area contributed by atoms with Crippen LogP contribution in [-0.2, 0) is 26.2 Å². The number of rotatable bonds is 0. The second-order valence-electron chi connectivity index (χ2n) is 3.29. The van der Waals surface area contributed by atoms with Gasteiger partial charge >= 0.3 is 0 Å². The van der Waals surface area contributed by atoms with E-state index >= 15 is 0 Å². The van der Waals surface area contributed by atoms with Crippen LogP contribution >= 0.6 is 12.4 Å². The maximum absolute atomic E-state index is 8.91. The molecule has 14 heavy (non-hydrogen) atoms. The molecule has 0 amide bonds. The number of hydrogen-bond donors (Lipinski definition) is 1. The van der Waals surface area contributed by atoms with Crippen molar-refractivity contribution in [1.29, 1.82) is 0 Å². The first-order valence-electron chi connectivity index (χ1n) is 4.79. The van der Waals surface area contributed by atoms with Gasteiger partial charge in [-0.05, 0) is 12.8 Å². The molecule has 0 heterocycles. The van der Waals surface area contributed by atoms with Gasteiger partial charge in [0.05, 0.1) is 6.10 Å². The number of allylic oxidation sites excluding steroid dienone is 4. The molecule has 0 aliphatic heterocycles. The molecule has 0 unspecified atom stereocenters. The topological polar surface area (TPSA) is 20.2 Å². The van der Waals surface area contributed by atoms with Crippen LogP contribution in [0, 0.1) is 6.08 Å². The largest absolute Gasteiger partial charge is 0.393 e. The molecule has 1 N–H and O–H groups in total. The third-order valence-corrected chi connectivity index (χ3v) is 2.16. The molecule has 0 aromatic rings. The Bertz CT molecular complexity index is 153. The van der Waals surface area contributed by atoms with E-state index in [2.05, 4.69) is 12.2 Å². The monoisotopic (exact) mass is 291 g/mol. The van der Waals surface area contributed by atoms with Gasteiger partial charge in [0.1, 0.15) is 0 Å². The molecule has 2 rings (SSSR count). The van der Waals surface area contributed by atoms with E-state index in [1.807, 2.05) is 12.2 Å². The minimum absolute atomic E-state index is 0. The SMILES string of the molecule is Cl.OC1CCCCC1.[C-]1=CC=CC1.[Zr]. The maximum Gasteiger partial charge on any atom is 0.0540 e. The Morgan fingerprint density at radius 1 is 1.14 bits per heavy atom. The summed E-state index contributed by atoms with van der Waals surface area (Å²) in [5.41, 5.74) is 0. The molecule has 0 aromatic carbocycles. The molecular weight excluding hydrogens is 275 g/mol. The van der Waals surface area contributed by atoms with Crippen LogP contribution in [0.4, 0.5) is 0 Å². The van der Waals surface area contributed by atoms with Gasteiger partial charge in [0.2, 0.25) is 0 Å². The number of halogens is 1. The summed E-state index contributed by atoms with van der Waals surface area (Å²) < 4.78 is 0. The van der Waals surface area contributed by atoms with Crippen LogP contribution in [-0.4, -0.2) is 11.2 Å². The van der Waals surface area contributed by atoms with Crippen molar-refractivity contribution in [2.45, 2.75) is 44.6 Å².